The number of rotatable bonds is 10. The van der Waals surface area contributed by atoms with Gasteiger partial charge in [0.05, 0.1) is 19.8 Å². The molecule has 1 atom stereocenters. The smallest absolute Gasteiger partial charge is 0.191 e. The molecule has 7 nitrogen and oxygen atoms in total. The molecule has 2 heterocycles. The molecular formula is C20H39IN6O. The number of ether oxygens (including phenoxy) is 1. The van der Waals surface area contributed by atoms with Crippen LogP contribution in [0.15, 0.2) is 17.4 Å². The third-order valence-corrected chi connectivity index (χ3v) is 5.11. The maximum atomic E-state index is 5.50. The minimum Gasteiger partial charge on any atom is -0.379 e. The maximum Gasteiger partial charge on any atom is 0.191 e. The number of hydrogen-bond donors (Lipinski definition) is 2. The zero-order valence-electron chi connectivity index (χ0n) is 18.0. The largest absolute Gasteiger partial charge is 0.379 e. The summed E-state index contributed by atoms with van der Waals surface area (Å²) >= 11 is 0. The molecule has 2 rings (SSSR count). The van der Waals surface area contributed by atoms with Crippen molar-refractivity contribution in [3.63, 3.8) is 0 Å². The van der Waals surface area contributed by atoms with E-state index in [1.807, 2.05) is 19.3 Å². The number of nitrogens with one attached hydrogen (secondary N) is 2. The molecule has 0 radical (unpaired) electrons. The summed E-state index contributed by atoms with van der Waals surface area (Å²) in [5, 5.41) is 6.86. The molecule has 1 saturated heterocycles. The van der Waals surface area contributed by atoms with E-state index in [-0.39, 0.29) is 24.0 Å². The van der Waals surface area contributed by atoms with Crippen LogP contribution in [0.4, 0.5) is 0 Å². The predicted octanol–water partition coefficient (Wildman–Crippen LogP) is 2.50. The Morgan fingerprint density at radius 3 is 2.61 bits per heavy atom. The fourth-order valence-electron chi connectivity index (χ4n) is 3.44. The van der Waals surface area contributed by atoms with E-state index in [9.17, 15) is 0 Å². The summed E-state index contributed by atoms with van der Waals surface area (Å²) in [6.45, 7) is 16.1. The van der Waals surface area contributed by atoms with Crippen LogP contribution in [0.5, 0.6) is 0 Å². The van der Waals surface area contributed by atoms with Crippen molar-refractivity contribution < 1.29 is 4.74 Å². The number of nitrogens with zero attached hydrogens (tertiary/aromatic N) is 4. The highest BCUT2D eigenvalue weighted by molar-refractivity contribution is 14.0. The molecule has 2 N–H and O–H groups in total. The molecular weight excluding hydrogens is 467 g/mol. The molecule has 0 aliphatic carbocycles. The van der Waals surface area contributed by atoms with Gasteiger partial charge in [-0.15, -0.1) is 24.0 Å². The van der Waals surface area contributed by atoms with E-state index in [0.29, 0.717) is 12.0 Å². The third-order valence-electron chi connectivity index (χ3n) is 5.11. The molecule has 1 aliphatic rings. The van der Waals surface area contributed by atoms with Gasteiger partial charge in [0.2, 0.25) is 0 Å². The lowest BCUT2D eigenvalue weighted by Gasteiger charge is -2.36. The van der Waals surface area contributed by atoms with Crippen LogP contribution in [0.2, 0.25) is 0 Å². The number of imidazole rings is 1. The summed E-state index contributed by atoms with van der Waals surface area (Å²) in [6, 6.07) is 0.466. The Morgan fingerprint density at radius 1 is 1.25 bits per heavy atom. The van der Waals surface area contributed by atoms with Crippen LogP contribution in [-0.4, -0.2) is 72.4 Å². The number of aromatic nitrogens is 2. The van der Waals surface area contributed by atoms with Gasteiger partial charge in [0.25, 0.3) is 0 Å². The number of hydrogen-bond acceptors (Lipinski definition) is 4. The molecule has 162 valence electrons. The van der Waals surface area contributed by atoms with Crippen molar-refractivity contribution in [3.05, 3.63) is 18.2 Å². The number of aryl methyl sites for hydroxylation is 2. The van der Waals surface area contributed by atoms with Crippen molar-refractivity contribution in [2.24, 2.45) is 10.9 Å². The van der Waals surface area contributed by atoms with E-state index in [1.165, 1.54) is 0 Å². The SMILES string of the molecule is CCNC(=NCC(C(C)C)N1CCOCC1)NCCCCn1ccnc1C.I. The lowest BCUT2D eigenvalue weighted by molar-refractivity contribution is 0.00867. The standard InChI is InChI=1S/C20H38N6O.HI/c1-5-21-20(23-8-6-7-10-25-11-9-22-18(25)4)24-16-19(17(2)3)26-12-14-27-15-13-26;/h9,11,17,19H,5-8,10,12-16H2,1-4H3,(H2,21,23,24);1H. The first-order valence-electron chi connectivity index (χ1n) is 10.4. The van der Waals surface area contributed by atoms with Gasteiger partial charge < -0.3 is 19.9 Å². The summed E-state index contributed by atoms with van der Waals surface area (Å²) in [6.07, 6.45) is 6.15. The van der Waals surface area contributed by atoms with Crippen LogP contribution < -0.4 is 10.6 Å². The van der Waals surface area contributed by atoms with Crippen molar-refractivity contribution in [1.82, 2.24) is 25.1 Å². The molecule has 8 heteroatoms. The minimum atomic E-state index is 0. The molecule has 1 aromatic rings. The maximum absolute atomic E-state index is 5.50. The van der Waals surface area contributed by atoms with Gasteiger partial charge >= 0.3 is 0 Å². The molecule has 0 aromatic carbocycles. The molecule has 1 aliphatic heterocycles. The average molecular weight is 506 g/mol. The Hall–Kier alpha value is -0.870. The summed E-state index contributed by atoms with van der Waals surface area (Å²) in [5.74, 6) is 2.59. The molecule has 0 spiro atoms. The second kappa shape index (κ2) is 14.2. The van der Waals surface area contributed by atoms with Gasteiger partial charge in [0, 0.05) is 51.2 Å². The van der Waals surface area contributed by atoms with Crippen LogP contribution >= 0.6 is 24.0 Å². The summed E-state index contributed by atoms with van der Waals surface area (Å²) in [4.78, 5) is 11.7. The number of guanidine groups is 1. The predicted molar refractivity (Wildman–Crippen MR) is 127 cm³/mol. The van der Waals surface area contributed by atoms with E-state index < -0.39 is 0 Å². The normalized spacial score (nSPS) is 16.7. The summed E-state index contributed by atoms with van der Waals surface area (Å²) in [5.41, 5.74) is 0. The van der Waals surface area contributed by atoms with Crippen molar-refractivity contribution in [3.8, 4) is 0 Å². The van der Waals surface area contributed by atoms with Crippen molar-refractivity contribution in [1.29, 1.82) is 0 Å². The second-order valence-electron chi connectivity index (χ2n) is 7.48. The first kappa shape index (κ1) is 25.2. The lowest BCUT2D eigenvalue weighted by Crippen LogP contribution is -2.48. The first-order chi connectivity index (χ1) is 13.1. The number of halogens is 1. The molecule has 0 bridgehead atoms. The Kier molecular flexibility index (Phi) is 12.7. The van der Waals surface area contributed by atoms with Gasteiger partial charge in [0.1, 0.15) is 5.82 Å². The quantitative estimate of drug-likeness (QED) is 0.221. The number of morpholine rings is 1. The Bertz CT molecular complexity index is 557. The monoisotopic (exact) mass is 506 g/mol. The highest BCUT2D eigenvalue weighted by atomic mass is 127. The van der Waals surface area contributed by atoms with Gasteiger partial charge in [-0.2, -0.15) is 0 Å². The molecule has 1 aromatic heterocycles. The second-order valence-corrected chi connectivity index (χ2v) is 7.48. The van der Waals surface area contributed by atoms with Gasteiger partial charge in [-0.3, -0.25) is 9.89 Å². The highest BCUT2D eigenvalue weighted by Gasteiger charge is 2.23. The Labute approximate surface area is 187 Å². The topological polar surface area (TPSA) is 66.7 Å². The number of unbranched alkanes of at least 4 members (excludes halogenated alkanes) is 1. The van der Waals surface area contributed by atoms with Crippen LogP contribution in [0.1, 0.15) is 39.4 Å². The summed E-state index contributed by atoms with van der Waals surface area (Å²) < 4.78 is 7.70. The molecule has 1 unspecified atom stereocenters. The van der Waals surface area contributed by atoms with E-state index in [2.05, 4.69) is 45.9 Å². The van der Waals surface area contributed by atoms with E-state index in [1.54, 1.807) is 0 Å². The Morgan fingerprint density at radius 2 is 2.00 bits per heavy atom. The minimum absolute atomic E-state index is 0. The molecule has 1 fully saturated rings. The van der Waals surface area contributed by atoms with Crippen LogP contribution in [0.3, 0.4) is 0 Å². The van der Waals surface area contributed by atoms with E-state index in [0.717, 1.165) is 77.1 Å². The zero-order valence-corrected chi connectivity index (χ0v) is 20.3. The van der Waals surface area contributed by atoms with E-state index >= 15 is 0 Å². The van der Waals surface area contributed by atoms with Crippen LogP contribution in [0, 0.1) is 12.8 Å². The molecule has 0 amide bonds. The zero-order chi connectivity index (χ0) is 19.5. The van der Waals surface area contributed by atoms with E-state index in [4.69, 9.17) is 9.73 Å². The van der Waals surface area contributed by atoms with Crippen molar-refractivity contribution in [2.45, 2.75) is 53.1 Å². The fourth-order valence-corrected chi connectivity index (χ4v) is 3.44. The van der Waals surface area contributed by atoms with Gasteiger partial charge in [-0.25, -0.2) is 4.98 Å². The van der Waals surface area contributed by atoms with Crippen molar-refractivity contribution in [2.75, 3.05) is 45.9 Å². The van der Waals surface area contributed by atoms with Gasteiger partial charge in [-0.05, 0) is 32.6 Å². The summed E-state index contributed by atoms with van der Waals surface area (Å²) in [7, 11) is 0. The molecule has 0 saturated carbocycles. The fraction of sp³-hybridized carbons (Fsp3) is 0.800. The van der Waals surface area contributed by atoms with Crippen LogP contribution in [0.25, 0.3) is 0 Å². The van der Waals surface area contributed by atoms with Crippen LogP contribution in [-0.2, 0) is 11.3 Å². The average Bonchev–Trinajstić information content (AvgIpc) is 3.07. The van der Waals surface area contributed by atoms with Gasteiger partial charge in [0.15, 0.2) is 5.96 Å². The van der Waals surface area contributed by atoms with Crippen molar-refractivity contribution >= 4 is 29.9 Å². The number of aliphatic imine (C=N–C) groups is 1. The Balaban J connectivity index is 0.00000392. The first-order valence-corrected chi connectivity index (χ1v) is 10.4. The third kappa shape index (κ3) is 8.65. The highest BCUT2D eigenvalue weighted by Crippen LogP contribution is 2.13. The molecule has 28 heavy (non-hydrogen) atoms. The lowest BCUT2D eigenvalue weighted by atomic mass is 10.0. The van der Waals surface area contributed by atoms with Gasteiger partial charge in [-0.1, -0.05) is 13.8 Å².